The lowest BCUT2D eigenvalue weighted by Crippen LogP contribution is -2.24. The van der Waals surface area contributed by atoms with Crippen LogP contribution in [0.2, 0.25) is 0 Å². The first-order chi connectivity index (χ1) is 7.81. The van der Waals surface area contributed by atoms with E-state index in [4.69, 9.17) is 5.73 Å². The summed E-state index contributed by atoms with van der Waals surface area (Å²) in [7, 11) is 0. The Labute approximate surface area is 96.6 Å². The molecule has 5 nitrogen and oxygen atoms in total. The summed E-state index contributed by atoms with van der Waals surface area (Å²) in [6.07, 6.45) is 3.51. The molecule has 1 aliphatic heterocycles. The van der Waals surface area contributed by atoms with Crippen molar-refractivity contribution in [2.75, 3.05) is 26.2 Å². The lowest BCUT2D eigenvalue weighted by molar-refractivity contribution is 0.312. The number of nitrogens with zero attached hydrogens (tertiary/aromatic N) is 4. The molecule has 0 aliphatic carbocycles. The molecule has 0 amide bonds. The molecule has 2 heterocycles. The molecule has 0 radical (unpaired) electrons. The van der Waals surface area contributed by atoms with Crippen LogP contribution in [0.1, 0.15) is 24.2 Å². The van der Waals surface area contributed by atoms with Gasteiger partial charge in [0.25, 0.3) is 0 Å². The van der Waals surface area contributed by atoms with Crippen molar-refractivity contribution in [1.82, 2.24) is 19.9 Å². The van der Waals surface area contributed by atoms with E-state index in [2.05, 4.69) is 22.1 Å². The summed E-state index contributed by atoms with van der Waals surface area (Å²) >= 11 is 0. The Morgan fingerprint density at radius 2 is 2.00 bits per heavy atom. The summed E-state index contributed by atoms with van der Waals surface area (Å²) in [5, 5.41) is 8.34. The van der Waals surface area contributed by atoms with E-state index < -0.39 is 0 Å². The number of hydrogen-bond acceptors (Lipinski definition) is 4. The monoisotopic (exact) mass is 223 g/mol. The van der Waals surface area contributed by atoms with E-state index in [9.17, 15) is 0 Å². The number of hydrogen-bond donors (Lipinski definition) is 1. The van der Waals surface area contributed by atoms with Gasteiger partial charge in [-0.15, -0.1) is 5.10 Å². The van der Waals surface area contributed by atoms with Crippen LogP contribution in [0.5, 0.6) is 0 Å². The van der Waals surface area contributed by atoms with Crippen molar-refractivity contribution < 1.29 is 0 Å². The minimum atomic E-state index is 0.645. The molecule has 5 heteroatoms. The molecule has 16 heavy (non-hydrogen) atoms. The van der Waals surface area contributed by atoms with Crippen molar-refractivity contribution >= 4 is 0 Å². The van der Waals surface area contributed by atoms with Crippen LogP contribution in [0.4, 0.5) is 0 Å². The third kappa shape index (κ3) is 2.59. The first-order valence-corrected chi connectivity index (χ1v) is 6.12. The Kier molecular flexibility index (Phi) is 3.90. The lowest BCUT2D eigenvalue weighted by Gasteiger charge is -2.14. The van der Waals surface area contributed by atoms with Crippen LogP contribution < -0.4 is 5.73 Å². The van der Waals surface area contributed by atoms with Gasteiger partial charge in [0.05, 0.1) is 17.9 Å². The Bertz CT molecular complexity index is 327. The predicted octanol–water partition coefficient (Wildman–Crippen LogP) is 0.184. The quantitative estimate of drug-likeness (QED) is 0.774. The van der Waals surface area contributed by atoms with Crippen LogP contribution in [0, 0.1) is 6.92 Å². The SMILES string of the molecule is Cc1c(CCN)nnn1CCN1CCCC1. The fourth-order valence-corrected chi connectivity index (χ4v) is 2.22. The summed E-state index contributed by atoms with van der Waals surface area (Å²) < 4.78 is 2.00. The van der Waals surface area contributed by atoms with Gasteiger partial charge >= 0.3 is 0 Å². The molecule has 90 valence electrons. The van der Waals surface area contributed by atoms with Crippen LogP contribution in [0.15, 0.2) is 0 Å². The zero-order chi connectivity index (χ0) is 11.4. The summed E-state index contributed by atoms with van der Waals surface area (Å²) in [6.45, 7) is 7.24. The zero-order valence-electron chi connectivity index (χ0n) is 10.0. The maximum atomic E-state index is 5.53. The van der Waals surface area contributed by atoms with E-state index in [0.29, 0.717) is 6.54 Å². The fourth-order valence-electron chi connectivity index (χ4n) is 2.22. The van der Waals surface area contributed by atoms with Crippen molar-refractivity contribution in [3.63, 3.8) is 0 Å². The second kappa shape index (κ2) is 5.41. The van der Waals surface area contributed by atoms with Gasteiger partial charge < -0.3 is 10.6 Å². The third-order valence-electron chi connectivity index (χ3n) is 3.29. The minimum absolute atomic E-state index is 0.645. The van der Waals surface area contributed by atoms with E-state index in [1.165, 1.54) is 31.6 Å². The molecule has 0 atom stereocenters. The summed E-state index contributed by atoms with van der Waals surface area (Å²) in [6, 6.07) is 0. The highest BCUT2D eigenvalue weighted by Crippen LogP contribution is 2.08. The maximum absolute atomic E-state index is 5.53. The average Bonchev–Trinajstić information content (AvgIpc) is 2.89. The van der Waals surface area contributed by atoms with Gasteiger partial charge in [0, 0.05) is 13.0 Å². The van der Waals surface area contributed by atoms with E-state index in [0.717, 1.165) is 25.2 Å². The molecule has 1 fully saturated rings. The maximum Gasteiger partial charge on any atom is 0.0868 e. The second-order valence-corrected chi connectivity index (χ2v) is 4.43. The predicted molar refractivity (Wildman–Crippen MR) is 63.2 cm³/mol. The van der Waals surface area contributed by atoms with Crippen molar-refractivity contribution in [3.05, 3.63) is 11.4 Å². The van der Waals surface area contributed by atoms with Crippen LogP contribution >= 0.6 is 0 Å². The van der Waals surface area contributed by atoms with Gasteiger partial charge in [-0.25, -0.2) is 4.68 Å². The first-order valence-electron chi connectivity index (χ1n) is 6.12. The molecule has 1 aliphatic rings. The number of nitrogens with two attached hydrogens (primary N) is 1. The smallest absolute Gasteiger partial charge is 0.0868 e. The Morgan fingerprint density at radius 1 is 1.25 bits per heavy atom. The zero-order valence-corrected chi connectivity index (χ0v) is 10.0. The molecule has 0 bridgehead atoms. The lowest BCUT2D eigenvalue weighted by atomic mass is 10.2. The Hall–Kier alpha value is -0.940. The van der Waals surface area contributed by atoms with Crippen LogP contribution in [0.25, 0.3) is 0 Å². The second-order valence-electron chi connectivity index (χ2n) is 4.43. The first kappa shape index (κ1) is 11.5. The van der Waals surface area contributed by atoms with Gasteiger partial charge in [-0.3, -0.25) is 0 Å². The minimum Gasteiger partial charge on any atom is -0.330 e. The summed E-state index contributed by atoms with van der Waals surface area (Å²) in [5.41, 5.74) is 7.74. The van der Waals surface area contributed by atoms with E-state index in [1.54, 1.807) is 0 Å². The van der Waals surface area contributed by atoms with Crippen molar-refractivity contribution in [3.8, 4) is 0 Å². The number of likely N-dealkylation sites (tertiary alicyclic amines) is 1. The molecule has 0 aromatic carbocycles. The van der Waals surface area contributed by atoms with Gasteiger partial charge in [0.1, 0.15) is 0 Å². The molecule has 1 aromatic heterocycles. The van der Waals surface area contributed by atoms with Gasteiger partial charge in [0.2, 0.25) is 0 Å². The van der Waals surface area contributed by atoms with Crippen molar-refractivity contribution in [2.45, 2.75) is 32.7 Å². The normalized spacial score (nSPS) is 17.1. The highest BCUT2D eigenvalue weighted by Gasteiger charge is 2.13. The van der Waals surface area contributed by atoms with Gasteiger partial charge in [0.15, 0.2) is 0 Å². The Morgan fingerprint density at radius 3 is 2.69 bits per heavy atom. The molecule has 2 rings (SSSR count). The number of rotatable bonds is 5. The topological polar surface area (TPSA) is 60.0 Å². The van der Waals surface area contributed by atoms with Crippen LogP contribution in [-0.4, -0.2) is 46.1 Å². The van der Waals surface area contributed by atoms with Gasteiger partial charge in [-0.1, -0.05) is 5.21 Å². The summed E-state index contributed by atoms with van der Waals surface area (Å²) in [5.74, 6) is 0. The molecular weight excluding hydrogens is 202 g/mol. The highest BCUT2D eigenvalue weighted by molar-refractivity contribution is 5.08. The van der Waals surface area contributed by atoms with E-state index in [1.807, 2.05) is 4.68 Å². The molecular formula is C11H21N5. The van der Waals surface area contributed by atoms with Crippen LogP contribution in [-0.2, 0) is 13.0 Å². The summed E-state index contributed by atoms with van der Waals surface area (Å²) in [4.78, 5) is 2.49. The number of aromatic nitrogens is 3. The van der Waals surface area contributed by atoms with Crippen molar-refractivity contribution in [2.24, 2.45) is 5.73 Å². The Balaban J connectivity index is 1.88. The average molecular weight is 223 g/mol. The van der Waals surface area contributed by atoms with Crippen LogP contribution in [0.3, 0.4) is 0 Å². The van der Waals surface area contributed by atoms with E-state index >= 15 is 0 Å². The van der Waals surface area contributed by atoms with Gasteiger partial charge in [-0.2, -0.15) is 0 Å². The van der Waals surface area contributed by atoms with Gasteiger partial charge in [-0.05, 0) is 39.4 Å². The highest BCUT2D eigenvalue weighted by atomic mass is 15.4. The molecule has 1 saturated heterocycles. The van der Waals surface area contributed by atoms with Crippen molar-refractivity contribution in [1.29, 1.82) is 0 Å². The molecule has 2 N–H and O–H groups in total. The fraction of sp³-hybridized carbons (Fsp3) is 0.818. The van der Waals surface area contributed by atoms with E-state index in [-0.39, 0.29) is 0 Å². The molecule has 0 saturated carbocycles. The molecule has 0 spiro atoms. The molecule has 1 aromatic rings. The standard InChI is InChI=1S/C11H21N5/c1-10-11(4-5-12)13-14-16(10)9-8-15-6-2-3-7-15/h2-9,12H2,1H3. The third-order valence-corrected chi connectivity index (χ3v) is 3.29. The molecule has 0 unspecified atom stereocenters. The largest absolute Gasteiger partial charge is 0.330 e.